The van der Waals surface area contributed by atoms with Gasteiger partial charge in [-0.1, -0.05) is 137 Å². The normalized spacial score (nSPS) is 20.3. The standard InChI is InChI=1S/C73H117N11O14/c1-15-46(8)64(57(96-13)41-60(87)84-39-23-29-56(84)66(97-14)47(9)67(89)76-48(10)65(88)51-25-17-16-18-26-51)82(11)71(93)62(44(4)5)81-70(92)63(45(6)7)83(12)73(95)98-42-49-32-35-53(36-33-49)78-68(90)55(28-22-38-75-72(74)94)79-69(91)61(43(2)3)80-59(86)31-21-30-58(85)77-54-37-34-50-24-19-20-27-52(50)40-54/h16-18,25-26,32-33,35-36,43-48,50,52,54-57,61-66,88H,15,19-24,27-31,34,37-42H2,1-14H3,(H,76,89)(H,77,85)(H,78,90)(H,79,91)(H,80,86)(H,81,92)(H3,74,75,94)/t46-,47+,48+,50?,52?,54?,55-,56-,57+,61-,62-,63-,64-,65+,66+/m0/s1. The lowest BCUT2D eigenvalue weighted by atomic mass is 9.69. The summed E-state index contributed by atoms with van der Waals surface area (Å²) in [6.45, 7) is 18.5. The number of hydrogen-bond acceptors (Lipinski definition) is 14. The minimum absolute atomic E-state index is 0.0330. The number of hydrogen-bond donors (Lipinski definition) is 9. The molecule has 2 aromatic carbocycles. The molecule has 0 spiro atoms. The van der Waals surface area contributed by atoms with E-state index in [2.05, 4.69) is 37.2 Å². The summed E-state index contributed by atoms with van der Waals surface area (Å²) in [6, 6.07) is 9.04. The van der Waals surface area contributed by atoms with Crippen LogP contribution in [0.5, 0.6) is 0 Å². The van der Waals surface area contributed by atoms with Gasteiger partial charge in [-0.15, -0.1) is 0 Å². The van der Waals surface area contributed by atoms with Gasteiger partial charge in [0.25, 0.3) is 0 Å². The van der Waals surface area contributed by atoms with Crippen LogP contribution in [0.25, 0.3) is 0 Å². The number of likely N-dealkylation sites (tertiary alicyclic amines) is 1. The minimum Gasteiger partial charge on any atom is -0.445 e. The summed E-state index contributed by atoms with van der Waals surface area (Å²) in [7, 11) is 6.11. The van der Waals surface area contributed by atoms with Crippen molar-refractivity contribution < 1.29 is 67.3 Å². The van der Waals surface area contributed by atoms with Gasteiger partial charge in [-0.2, -0.15) is 0 Å². The van der Waals surface area contributed by atoms with E-state index in [1.54, 1.807) is 109 Å². The predicted molar refractivity (Wildman–Crippen MR) is 374 cm³/mol. The maximum atomic E-state index is 14.8. The van der Waals surface area contributed by atoms with Crippen molar-refractivity contribution in [1.82, 2.24) is 46.6 Å². The molecule has 11 amide bonds. The number of carbonyl (C=O) groups excluding carboxylic acids is 10. The highest BCUT2D eigenvalue weighted by Gasteiger charge is 2.44. The summed E-state index contributed by atoms with van der Waals surface area (Å²) in [4.78, 5) is 141. The first-order chi connectivity index (χ1) is 46.5. The van der Waals surface area contributed by atoms with Crippen LogP contribution in [0.4, 0.5) is 15.3 Å². The number of ether oxygens (including phenoxy) is 3. The second-order valence-corrected chi connectivity index (χ2v) is 28.5. The zero-order valence-corrected chi connectivity index (χ0v) is 60.7. The fraction of sp³-hybridized carbons (Fsp3) is 0.699. The van der Waals surface area contributed by atoms with Gasteiger partial charge in [0, 0.05) is 66.0 Å². The molecule has 3 fully saturated rings. The summed E-state index contributed by atoms with van der Waals surface area (Å²) < 4.78 is 17.8. The monoisotopic (exact) mass is 1370 g/mol. The van der Waals surface area contributed by atoms with E-state index in [1.165, 1.54) is 51.9 Å². The summed E-state index contributed by atoms with van der Waals surface area (Å²) >= 11 is 0. The van der Waals surface area contributed by atoms with E-state index in [0.717, 1.165) is 25.2 Å². The maximum Gasteiger partial charge on any atom is 0.410 e. The van der Waals surface area contributed by atoms with Gasteiger partial charge >= 0.3 is 12.1 Å². The van der Waals surface area contributed by atoms with Crippen molar-refractivity contribution in [3.05, 3.63) is 65.7 Å². The smallest absolute Gasteiger partial charge is 0.410 e. The van der Waals surface area contributed by atoms with Crippen LogP contribution in [0.3, 0.4) is 0 Å². The van der Waals surface area contributed by atoms with Gasteiger partial charge in [-0.25, -0.2) is 9.59 Å². The van der Waals surface area contributed by atoms with Crippen LogP contribution in [0.15, 0.2) is 54.6 Å². The largest absolute Gasteiger partial charge is 0.445 e. The molecule has 548 valence electrons. The lowest BCUT2D eigenvalue weighted by molar-refractivity contribution is -0.148. The maximum absolute atomic E-state index is 14.8. The van der Waals surface area contributed by atoms with Gasteiger partial charge < -0.3 is 72.1 Å². The van der Waals surface area contributed by atoms with Crippen molar-refractivity contribution in [1.29, 1.82) is 0 Å². The highest BCUT2D eigenvalue weighted by Crippen LogP contribution is 2.40. The molecule has 2 aromatic rings. The van der Waals surface area contributed by atoms with Gasteiger partial charge in [0.05, 0.1) is 48.8 Å². The van der Waals surface area contributed by atoms with Crippen molar-refractivity contribution in [2.75, 3.05) is 46.7 Å². The van der Waals surface area contributed by atoms with Crippen LogP contribution in [0, 0.1) is 41.4 Å². The van der Waals surface area contributed by atoms with Gasteiger partial charge in [-0.3, -0.25) is 43.3 Å². The molecule has 2 saturated carbocycles. The predicted octanol–water partition coefficient (Wildman–Crippen LogP) is 7.24. The number of carbonyl (C=O) groups is 10. The third-order valence-electron chi connectivity index (χ3n) is 20.2. The number of benzene rings is 2. The van der Waals surface area contributed by atoms with Crippen molar-refractivity contribution in [2.24, 2.45) is 47.2 Å². The van der Waals surface area contributed by atoms with Crippen LogP contribution in [0.2, 0.25) is 0 Å². The number of aliphatic hydroxyl groups is 1. The van der Waals surface area contributed by atoms with Crippen LogP contribution in [-0.4, -0.2) is 181 Å². The molecule has 1 saturated heterocycles. The van der Waals surface area contributed by atoms with Crippen LogP contribution < -0.4 is 43.0 Å². The van der Waals surface area contributed by atoms with Crippen molar-refractivity contribution >= 4 is 65.1 Å². The first-order valence-corrected chi connectivity index (χ1v) is 35.7. The second kappa shape index (κ2) is 40.0. The Morgan fingerprint density at radius 3 is 1.94 bits per heavy atom. The lowest BCUT2D eigenvalue weighted by Gasteiger charge is -2.41. The number of rotatable bonds is 37. The first kappa shape index (κ1) is 81.3. The van der Waals surface area contributed by atoms with E-state index in [-0.39, 0.29) is 80.9 Å². The third-order valence-corrected chi connectivity index (χ3v) is 20.2. The number of likely N-dealkylation sites (N-methyl/N-ethyl adjacent to an activating group) is 2. The lowest BCUT2D eigenvalue weighted by Crippen LogP contribution is -2.60. The van der Waals surface area contributed by atoms with Gasteiger partial charge in [-0.05, 0) is 117 Å². The van der Waals surface area contributed by atoms with Crippen molar-refractivity contribution in [2.45, 2.75) is 245 Å². The molecule has 3 unspecified atom stereocenters. The Hall–Kier alpha value is -7.38. The summed E-state index contributed by atoms with van der Waals surface area (Å²) in [5, 5.41) is 30.9. The van der Waals surface area contributed by atoms with Crippen molar-refractivity contribution in [3.8, 4) is 0 Å². The molecule has 0 radical (unpaired) electrons. The quantitative estimate of drug-likeness (QED) is 0.0301. The average molecular weight is 1370 g/mol. The zero-order chi connectivity index (χ0) is 72.5. The fourth-order valence-electron chi connectivity index (χ4n) is 14.4. The molecule has 1 heterocycles. The molecule has 10 N–H and O–H groups in total. The SMILES string of the molecule is CC[C@H](C)[C@@H]([C@@H](CC(=O)N1CCC[C@H]1[C@H](OC)[C@@H](C)C(=O)N[C@H](C)[C@@H](O)c1ccccc1)OC)N(C)C(=O)[C@@H](NC(=O)[C@H](C(C)C)N(C)C(=O)OCc1ccc(NC(=O)[C@H](CCCNC(N)=O)NC(=O)[C@@H](NC(=O)CCCC(=O)NC2CCC3CCCCC3C2)C(C)C)cc1)C(C)C. The van der Waals surface area contributed by atoms with E-state index < -0.39 is 120 Å². The molecule has 25 heteroatoms. The Balaban J connectivity index is 1.16. The molecular weight excluding hydrogens is 1250 g/mol. The third kappa shape index (κ3) is 23.9. The van der Waals surface area contributed by atoms with Crippen LogP contribution in [0.1, 0.15) is 189 Å². The molecule has 3 aliphatic rings. The molecule has 0 aromatic heterocycles. The summed E-state index contributed by atoms with van der Waals surface area (Å²) in [5.74, 6) is -3.84. The van der Waals surface area contributed by atoms with Gasteiger partial charge in [0.1, 0.15) is 30.8 Å². The number of nitrogens with one attached hydrogen (secondary N) is 7. The molecule has 25 nitrogen and oxygen atoms in total. The highest BCUT2D eigenvalue weighted by atomic mass is 16.6. The van der Waals surface area contributed by atoms with Crippen LogP contribution in [-0.2, 0) is 59.2 Å². The zero-order valence-electron chi connectivity index (χ0n) is 60.7. The molecule has 98 heavy (non-hydrogen) atoms. The highest BCUT2D eigenvalue weighted by molar-refractivity contribution is 5.98. The minimum atomic E-state index is -1.10. The fourth-order valence-corrected chi connectivity index (χ4v) is 14.4. The Kier molecular flexibility index (Phi) is 33.2. The van der Waals surface area contributed by atoms with Crippen molar-refractivity contribution in [3.63, 3.8) is 0 Å². The summed E-state index contributed by atoms with van der Waals surface area (Å²) in [5.41, 5.74) is 6.83. The van der Waals surface area contributed by atoms with E-state index in [4.69, 9.17) is 19.9 Å². The van der Waals surface area contributed by atoms with Gasteiger partial charge in [0.15, 0.2) is 0 Å². The number of aliphatic hydroxyl groups excluding tert-OH is 1. The number of anilines is 1. The number of nitrogens with two attached hydrogens (primary N) is 1. The van der Waals surface area contributed by atoms with Gasteiger partial charge in [0.2, 0.25) is 47.3 Å². The Labute approximate surface area is 581 Å². The Bertz CT molecular complexity index is 2920. The molecule has 2 aliphatic carbocycles. The summed E-state index contributed by atoms with van der Waals surface area (Å²) in [6.07, 6.45) is 7.69. The number of primary amides is 1. The number of nitrogens with zero attached hydrogens (tertiary/aromatic N) is 3. The topological polar surface area (TPSA) is 339 Å². The number of fused-ring (bicyclic) bond motifs is 1. The first-order valence-electron chi connectivity index (χ1n) is 35.7. The molecule has 0 bridgehead atoms. The second-order valence-electron chi connectivity index (χ2n) is 28.5. The van der Waals surface area contributed by atoms with Crippen LogP contribution >= 0.6 is 0 Å². The van der Waals surface area contributed by atoms with E-state index in [0.29, 0.717) is 55.0 Å². The van der Waals surface area contributed by atoms with E-state index in [9.17, 15) is 53.1 Å². The van der Waals surface area contributed by atoms with E-state index >= 15 is 0 Å². The van der Waals surface area contributed by atoms with E-state index in [1.807, 2.05) is 32.0 Å². The number of urea groups is 1. The number of amides is 11. The Morgan fingerprint density at radius 1 is 0.673 bits per heavy atom. The Morgan fingerprint density at radius 2 is 1.33 bits per heavy atom. The molecule has 5 rings (SSSR count). The molecular formula is C73H117N11O14. The number of methoxy groups -OCH3 is 2. The molecule has 15 atom stereocenters. The molecule has 1 aliphatic heterocycles. The average Bonchev–Trinajstić information content (AvgIpc) is 1.45.